The lowest BCUT2D eigenvalue weighted by Crippen LogP contribution is -2.14. The van der Waals surface area contributed by atoms with E-state index in [2.05, 4.69) is 5.32 Å². The molecule has 0 aliphatic carbocycles. The Kier molecular flexibility index (Phi) is 7.72. The van der Waals surface area contributed by atoms with Crippen molar-refractivity contribution in [2.75, 3.05) is 33.3 Å². The third-order valence-corrected chi connectivity index (χ3v) is 5.57. The Morgan fingerprint density at radius 1 is 1.00 bits per heavy atom. The van der Waals surface area contributed by atoms with E-state index in [1.165, 1.54) is 18.4 Å². The molecule has 0 saturated carbocycles. The summed E-state index contributed by atoms with van der Waals surface area (Å²) >= 11 is 1.24. The van der Waals surface area contributed by atoms with Gasteiger partial charge < -0.3 is 24.3 Å². The molecule has 0 bridgehead atoms. The van der Waals surface area contributed by atoms with Crippen molar-refractivity contribution >= 4 is 28.2 Å². The standard InChI is InChI=1S/C24H25NO6S/c1-5-11-31-17-8-6-7-16(12-17)22(26)25-23-21(24(27)30-4)18(14-32-23)15-9-10-19(28-2)20(13-15)29-3/h6-10,12-14H,5,11H2,1-4H3,(H,25,26). The minimum absolute atomic E-state index is 0.274. The van der Waals surface area contributed by atoms with Crippen molar-refractivity contribution in [1.82, 2.24) is 0 Å². The lowest BCUT2D eigenvalue weighted by Gasteiger charge is -2.11. The molecule has 1 N–H and O–H groups in total. The number of thiophene rings is 1. The highest BCUT2D eigenvalue weighted by atomic mass is 32.1. The maximum Gasteiger partial charge on any atom is 0.341 e. The highest BCUT2D eigenvalue weighted by Gasteiger charge is 2.23. The fourth-order valence-electron chi connectivity index (χ4n) is 3.09. The van der Waals surface area contributed by atoms with E-state index in [4.69, 9.17) is 18.9 Å². The van der Waals surface area contributed by atoms with Gasteiger partial charge in [-0.05, 0) is 42.3 Å². The molecule has 32 heavy (non-hydrogen) atoms. The average molecular weight is 456 g/mol. The van der Waals surface area contributed by atoms with Crippen LogP contribution in [0.4, 0.5) is 5.00 Å². The molecule has 0 fully saturated rings. The molecular weight excluding hydrogens is 430 g/mol. The van der Waals surface area contributed by atoms with Gasteiger partial charge in [-0.3, -0.25) is 4.79 Å². The topological polar surface area (TPSA) is 83.1 Å². The molecule has 3 aromatic rings. The summed E-state index contributed by atoms with van der Waals surface area (Å²) < 4.78 is 21.3. The number of carbonyl (C=O) groups is 2. The second-order valence-electron chi connectivity index (χ2n) is 6.75. The zero-order chi connectivity index (χ0) is 23.1. The van der Waals surface area contributed by atoms with Crippen molar-refractivity contribution < 1.29 is 28.5 Å². The van der Waals surface area contributed by atoms with Crippen molar-refractivity contribution in [2.24, 2.45) is 0 Å². The summed E-state index contributed by atoms with van der Waals surface area (Å²) in [6.45, 7) is 2.58. The second kappa shape index (κ2) is 10.7. The number of methoxy groups -OCH3 is 3. The molecule has 0 spiro atoms. The van der Waals surface area contributed by atoms with Crippen LogP contribution < -0.4 is 19.5 Å². The molecule has 0 saturated heterocycles. The zero-order valence-corrected chi connectivity index (χ0v) is 19.2. The van der Waals surface area contributed by atoms with Gasteiger partial charge >= 0.3 is 5.97 Å². The van der Waals surface area contributed by atoms with E-state index in [1.54, 1.807) is 56.0 Å². The van der Waals surface area contributed by atoms with Crippen LogP contribution in [0.3, 0.4) is 0 Å². The minimum Gasteiger partial charge on any atom is -0.494 e. The maximum absolute atomic E-state index is 12.9. The molecule has 7 nitrogen and oxygen atoms in total. The molecule has 1 amide bonds. The molecule has 0 aliphatic rings. The predicted octanol–water partition coefficient (Wildman–Crippen LogP) is 5.26. The van der Waals surface area contributed by atoms with Crippen LogP contribution in [0.25, 0.3) is 11.1 Å². The normalized spacial score (nSPS) is 10.4. The molecule has 2 aromatic carbocycles. The molecule has 0 atom stereocenters. The van der Waals surface area contributed by atoms with Gasteiger partial charge in [-0.2, -0.15) is 0 Å². The smallest absolute Gasteiger partial charge is 0.341 e. The summed E-state index contributed by atoms with van der Waals surface area (Å²) in [7, 11) is 4.40. The third kappa shape index (κ3) is 5.03. The van der Waals surface area contributed by atoms with Crippen LogP contribution >= 0.6 is 11.3 Å². The third-order valence-electron chi connectivity index (χ3n) is 4.67. The van der Waals surface area contributed by atoms with Crippen molar-refractivity contribution in [3.8, 4) is 28.4 Å². The summed E-state index contributed by atoms with van der Waals surface area (Å²) in [5, 5.41) is 5.02. The quantitative estimate of drug-likeness (QED) is 0.443. The van der Waals surface area contributed by atoms with Crippen molar-refractivity contribution in [2.45, 2.75) is 13.3 Å². The molecule has 0 unspecified atom stereocenters. The number of benzene rings is 2. The monoisotopic (exact) mass is 455 g/mol. The number of anilines is 1. The summed E-state index contributed by atoms with van der Waals surface area (Å²) in [4.78, 5) is 25.5. The van der Waals surface area contributed by atoms with Gasteiger partial charge in [0.15, 0.2) is 11.5 Å². The van der Waals surface area contributed by atoms with Crippen LogP contribution in [-0.4, -0.2) is 39.8 Å². The molecule has 8 heteroatoms. The van der Waals surface area contributed by atoms with Gasteiger partial charge in [0.05, 0.1) is 27.9 Å². The number of ether oxygens (including phenoxy) is 4. The minimum atomic E-state index is -0.550. The molecule has 1 aromatic heterocycles. The Hall–Kier alpha value is -3.52. The van der Waals surface area contributed by atoms with Crippen molar-refractivity contribution in [3.63, 3.8) is 0 Å². The highest BCUT2D eigenvalue weighted by molar-refractivity contribution is 7.15. The Balaban J connectivity index is 1.94. The van der Waals surface area contributed by atoms with Gasteiger partial charge in [0, 0.05) is 16.5 Å². The Bertz CT molecular complexity index is 1110. The summed E-state index contributed by atoms with van der Waals surface area (Å²) in [5.41, 5.74) is 2.06. The first-order valence-electron chi connectivity index (χ1n) is 9.98. The van der Waals surface area contributed by atoms with Gasteiger partial charge in [-0.1, -0.05) is 19.1 Å². The Labute approximate surface area is 190 Å². The first-order chi connectivity index (χ1) is 15.5. The summed E-state index contributed by atoms with van der Waals surface area (Å²) in [5.74, 6) is 0.820. The number of carbonyl (C=O) groups excluding carboxylic acids is 2. The van der Waals surface area contributed by atoms with E-state index in [0.717, 1.165) is 12.0 Å². The first kappa shape index (κ1) is 23.1. The Morgan fingerprint density at radius 2 is 1.78 bits per heavy atom. The number of amides is 1. The molecule has 0 radical (unpaired) electrons. The van der Waals surface area contributed by atoms with Crippen LogP contribution in [0, 0.1) is 0 Å². The Morgan fingerprint density at radius 3 is 2.47 bits per heavy atom. The van der Waals surface area contributed by atoms with Crippen molar-refractivity contribution in [1.29, 1.82) is 0 Å². The number of rotatable bonds is 9. The zero-order valence-electron chi connectivity index (χ0n) is 18.4. The second-order valence-corrected chi connectivity index (χ2v) is 7.62. The SMILES string of the molecule is CCCOc1cccc(C(=O)Nc2scc(-c3ccc(OC)c(OC)c3)c2C(=O)OC)c1. The van der Waals surface area contributed by atoms with Gasteiger partial charge in [-0.15, -0.1) is 11.3 Å². The molecule has 0 aliphatic heterocycles. The van der Waals surface area contributed by atoms with Gasteiger partial charge in [0.1, 0.15) is 16.3 Å². The number of hydrogen-bond acceptors (Lipinski definition) is 7. The molecule has 3 rings (SSSR count). The van der Waals surface area contributed by atoms with E-state index in [-0.39, 0.29) is 11.5 Å². The van der Waals surface area contributed by atoms with Crippen LogP contribution in [0.1, 0.15) is 34.1 Å². The van der Waals surface area contributed by atoms with Crippen molar-refractivity contribution in [3.05, 3.63) is 59.0 Å². The fraction of sp³-hybridized carbons (Fsp3) is 0.250. The van der Waals surface area contributed by atoms with Gasteiger partial charge in [0.25, 0.3) is 5.91 Å². The summed E-state index contributed by atoms with van der Waals surface area (Å²) in [6.07, 6.45) is 0.868. The fourth-order valence-corrected chi connectivity index (χ4v) is 4.05. The van der Waals surface area contributed by atoms with E-state index < -0.39 is 5.97 Å². The van der Waals surface area contributed by atoms with Gasteiger partial charge in [-0.25, -0.2) is 4.79 Å². The van der Waals surface area contributed by atoms with Crippen LogP contribution in [-0.2, 0) is 4.74 Å². The maximum atomic E-state index is 12.9. The predicted molar refractivity (Wildman–Crippen MR) is 124 cm³/mol. The average Bonchev–Trinajstić information content (AvgIpc) is 3.25. The lowest BCUT2D eigenvalue weighted by molar-refractivity contribution is 0.0603. The van der Waals surface area contributed by atoms with E-state index >= 15 is 0 Å². The summed E-state index contributed by atoms with van der Waals surface area (Å²) in [6, 6.07) is 12.3. The largest absolute Gasteiger partial charge is 0.494 e. The molecular formula is C24H25NO6S. The van der Waals surface area contributed by atoms with E-state index in [0.29, 0.717) is 40.0 Å². The number of hydrogen-bond donors (Lipinski definition) is 1. The molecule has 168 valence electrons. The van der Waals surface area contributed by atoms with E-state index in [1.807, 2.05) is 13.0 Å². The highest BCUT2D eigenvalue weighted by Crippen LogP contribution is 2.39. The number of esters is 1. The molecule has 1 heterocycles. The van der Waals surface area contributed by atoms with Crippen LogP contribution in [0.15, 0.2) is 47.8 Å². The van der Waals surface area contributed by atoms with Crippen LogP contribution in [0.2, 0.25) is 0 Å². The number of nitrogens with one attached hydrogen (secondary N) is 1. The van der Waals surface area contributed by atoms with Crippen LogP contribution in [0.5, 0.6) is 17.2 Å². The van der Waals surface area contributed by atoms with Gasteiger partial charge in [0.2, 0.25) is 0 Å². The lowest BCUT2D eigenvalue weighted by atomic mass is 10.0. The van der Waals surface area contributed by atoms with E-state index in [9.17, 15) is 9.59 Å². The first-order valence-corrected chi connectivity index (χ1v) is 10.9.